The van der Waals surface area contributed by atoms with Crippen LogP contribution in [0.5, 0.6) is 5.88 Å². The van der Waals surface area contributed by atoms with Crippen LogP contribution in [0.3, 0.4) is 0 Å². The average Bonchev–Trinajstić information content (AvgIpc) is 3.29. The monoisotopic (exact) mass is 448 g/mol. The number of rotatable bonds is 6. The van der Waals surface area contributed by atoms with Gasteiger partial charge in [-0.05, 0) is 17.7 Å². The van der Waals surface area contributed by atoms with Crippen molar-refractivity contribution in [1.82, 2.24) is 24.9 Å². The first-order valence-corrected chi connectivity index (χ1v) is 10.5. The molecule has 4 aromatic heterocycles. The number of pyridine rings is 2. The average molecular weight is 448 g/mol. The first-order chi connectivity index (χ1) is 16.1. The van der Waals surface area contributed by atoms with Crippen LogP contribution < -0.4 is 9.64 Å². The molecule has 0 atom stereocenters. The van der Waals surface area contributed by atoms with Crippen molar-refractivity contribution >= 4 is 22.6 Å². The van der Waals surface area contributed by atoms with Crippen molar-refractivity contribution in [1.29, 1.82) is 0 Å². The highest BCUT2D eigenvalue weighted by atomic mass is 19.1. The molecular formula is C23H21FN6O3. The molecule has 0 unspecified atom stereocenters. The number of fused-ring (bicyclic) bond motifs is 1. The summed E-state index contributed by atoms with van der Waals surface area (Å²) in [5.74, 6) is -0.172. The minimum absolute atomic E-state index is 0.107. The molecule has 5 rings (SSSR count). The van der Waals surface area contributed by atoms with E-state index in [4.69, 9.17) is 9.47 Å². The number of nitrogens with zero attached hydrogens (tertiary/aromatic N) is 5. The van der Waals surface area contributed by atoms with Gasteiger partial charge in [0.05, 0.1) is 36.8 Å². The van der Waals surface area contributed by atoms with Crippen LogP contribution in [0.25, 0.3) is 11.0 Å². The Balaban J connectivity index is 1.44. The number of nitrogens with one attached hydrogen (secondary N) is 1. The normalized spacial score (nSPS) is 13.9. The molecule has 0 bridgehead atoms. The van der Waals surface area contributed by atoms with E-state index in [1.54, 1.807) is 31.6 Å². The van der Waals surface area contributed by atoms with Crippen molar-refractivity contribution in [2.45, 2.75) is 6.42 Å². The highest BCUT2D eigenvalue weighted by Gasteiger charge is 2.24. The van der Waals surface area contributed by atoms with Gasteiger partial charge in [-0.3, -0.25) is 4.79 Å². The second-order valence-electron chi connectivity index (χ2n) is 7.58. The van der Waals surface area contributed by atoms with Crippen LogP contribution in [-0.2, 0) is 11.2 Å². The van der Waals surface area contributed by atoms with E-state index in [1.807, 2.05) is 11.0 Å². The number of hydrogen-bond acceptors (Lipinski definition) is 8. The highest BCUT2D eigenvalue weighted by molar-refractivity contribution is 6.18. The summed E-state index contributed by atoms with van der Waals surface area (Å²) < 4.78 is 25.4. The fourth-order valence-electron chi connectivity index (χ4n) is 3.87. The number of aromatic amines is 1. The summed E-state index contributed by atoms with van der Waals surface area (Å²) in [6.07, 6.45) is 5.02. The number of carbonyl (C=O) groups excluding carboxylic acids is 1. The molecule has 4 aromatic rings. The van der Waals surface area contributed by atoms with Crippen molar-refractivity contribution < 1.29 is 18.7 Å². The van der Waals surface area contributed by atoms with Gasteiger partial charge in [0.1, 0.15) is 17.8 Å². The molecule has 0 spiro atoms. The van der Waals surface area contributed by atoms with Gasteiger partial charge in [-0.2, -0.15) is 4.39 Å². The maximum atomic E-state index is 14.9. The van der Waals surface area contributed by atoms with Crippen LogP contribution in [0.2, 0.25) is 0 Å². The lowest BCUT2D eigenvalue weighted by Crippen LogP contribution is -2.37. The molecule has 0 aliphatic carbocycles. The maximum absolute atomic E-state index is 14.9. The molecule has 1 N–H and O–H groups in total. The van der Waals surface area contributed by atoms with Gasteiger partial charge >= 0.3 is 0 Å². The number of ether oxygens (including phenoxy) is 2. The third kappa shape index (κ3) is 4.12. The topological polar surface area (TPSA) is 106 Å². The summed E-state index contributed by atoms with van der Waals surface area (Å²) in [6.45, 7) is 2.44. The molecule has 1 aliphatic rings. The van der Waals surface area contributed by atoms with Crippen molar-refractivity contribution in [2.75, 3.05) is 38.3 Å². The lowest BCUT2D eigenvalue weighted by molar-refractivity contribution is 0.103. The first kappa shape index (κ1) is 21.0. The molecule has 10 heteroatoms. The Kier molecular flexibility index (Phi) is 5.66. The Hall–Kier alpha value is -3.92. The Morgan fingerprint density at radius 3 is 2.73 bits per heavy atom. The fourth-order valence-corrected chi connectivity index (χ4v) is 3.87. The van der Waals surface area contributed by atoms with Crippen LogP contribution in [0, 0.1) is 5.95 Å². The molecule has 9 nitrogen and oxygen atoms in total. The zero-order valence-corrected chi connectivity index (χ0v) is 17.9. The van der Waals surface area contributed by atoms with Crippen LogP contribution >= 0.6 is 0 Å². The number of ketones is 1. The number of methoxy groups -OCH3 is 1. The van der Waals surface area contributed by atoms with E-state index in [9.17, 15) is 9.18 Å². The third-order valence-corrected chi connectivity index (χ3v) is 5.55. The van der Waals surface area contributed by atoms with Gasteiger partial charge in [-0.25, -0.2) is 19.9 Å². The van der Waals surface area contributed by atoms with Gasteiger partial charge < -0.3 is 19.4 Å². The van der Waals surface area contributed by atoms with Gasteiger partial charge in [0.15, 0.2) is 5.78 Å². The van der Waals surface area contributed by atoms with Crippen molar-refractivity contribution in [2.24, 2.45) is 0 Å². The molecule has 168 valence electrons. The second kappa shape index (κ2) is 8.91. The minimum atomic E-state index is -0.821. The van der Waals surface area contributed by atoms with E-state index in [-0.39, 0.29) is 5.56 Å². The molecule has 1 aliphatic heterocycles. The van der Waals surface area contributed by atoms with Gasteiger partial charge in [0.2, 0.25) is 11.8 Å². The molecule has 5 heterocycles. The van der Waals surface area contributed by atoms with Crippen molar-refractivity contribution in [3.05, 3.63) is 71.3 Å². The number of hydrogen-bond donors (Lipinski definition) is 1. The van der Waals surface area contributed by atoms with Crippen LogP contribution in [0.4, 0.5) is 10.2 Å². The number of halogens is 1. The number of aromatic nitrogens is 5. The Morgan fingerprint density at radius 2 is 2.00 bits per heavy atom. The highest BCUT2D eigenvalue weighted by Crippen LogP contribution is 2.29. The number of carbonyl (C=O) groups is 1. The predicted octanol–water partition coefficient (Wildman–Crippen LogP) is 2.55. The van der Waals surface area contributed by atoms with Gasteiger partial charge in [-0.1, -0.05) is 6.07 Å². The van der Waals surface area contributed by atoms with E-state index >= 15 is 0 Å². The summed E-state index contributed by atoms with van der Waals surface area (Å²) in [5, 5.41) is 0.567. The standard InChI is InChI=1S/C23H21FN6O3/c1-32-18-5-2-14(11-25-18)10-15-3-4-16(21(24)29-15)20(31)17-12-26-22-19(17)23(28-13-27-22)30-6-8-33-9-7-30/h2-5,11-13H,6-10H2,1H3,(H,26,27,28). The van der Waals surface area contributed by atoms with E-state index < -0.39 is 11.7 Å². The van der Waals surface area contributed by atoms with E-state index in [1.165, 1.54) is 12.4 Å². The van der Waals surface area contributed by atoms with Crippen LogP contribution in [0.15, 0.2) is 43.0 Å². The molecule has 1 saturated heterocycles. The van der Waals surface area contributed by atoms with Gasteiger partial charge in [0, 0.05) is 43.7 Å². The third-order valence-electron chi connectivity index (χ3n) is 5.55. The molecule has 0 saturated carbocycles. The van der Waals surface area contributed by atoms with Crippen molar-refractivity contribution in [3.63, 3.8) is 0 Å². The van der Waals surface area contributed by atoms with E-state index in [0.717, 1.165) is 5.56 Å². The predicted molar refractivity (Wildman–Crippen MR) is 118 cm³/mol. The quantitative estimate of drug-likeness (QED) is 0.354. The SMILES string of the molecule is COc1ccc(Cc2ccc(C(=O)c3c[nH]c4ncnc(N5CCOCC5)c34)c(F)n2)cn1. The smallest absolute Gasteiger partial charge is 0.224 e. The van der Waals surface area contributed by atoms with Crippen molar-refractivity contribution in [3.8, 4) is 5.88 Å². The summed E-state index contributed by atoms with van der Waals surface area (Å²) in [4.78, 5) is 35.1. The van der Waals surface area contributed by atoms with Gasteiger partial charge in [0.25, 0.3) is 0 Å². The van der Waals surface area contributed by atoms with E-state index in [0.29, 0.717) is 66.7 Å². The Labute approximate surface area is 188 Å². The number of H-pyrrole nitrogens is 1. The first-order valence-electron chi connectivity index (χ1n) is 10.5. The molecule has 1 fully saturated rings. The number of morpholine rings is 1. The fraction of sp³-hybridized carbons (Fsp3) is 0.261. The molecule has 0 amide bonds. The summed E-state index contributed by atoms with van der Waals surface area (Å²) in [6, 6.07) is 6.68. The molecule has 0 radical (unpaired) electrons. The van der Waals surface area contributed by atoms with Crippen LogP contribution in [-0.4, -0.2) is 64.1 Å². The molecule has 33 heavy (non-hydrogen) atoms. The lowest BCUT2D eigenvalue weighted by Gasteiger charge is -2.28. The van der Waals surface area contributed by atoms with E-state index in [2.05, 4.69) is 24.9 Å². The lowest BCUT2D eigenvalue weighted by atomic mass is 10.0. The molecule has 0 aromatic carbocycles. The Morgan fingerprint density at radius 1 is 1.15 bits per heavy atom. The largest absolute Gasteiger partial charge is 0.481 e. The van der Waals surface area contributed by atoms with Gasteiger partial charge in [-0.15, -0.1) is 0 Å². The zero-order valence-electron chi connectivity index (χ0n) is 17.9. The maximum Gasteiger partial charge on any atom is 0.224 e. The summed E-state index contributed by atoms with van der Waals surface area (Å²) >= 11 is 0. The zero-order chi connectivity index (χ0) is 22.8. The minimum Gasteiger partial charge on any atom is -0.481 e. The second-order valence-corrected chi connectivity index (χ2v) is 7.58. The molecular weight excluding hydrogens is 427 g/mol. The summed E-state index contributed by atoms with van der Waals surface area (Å²) in [7, 11) is 1.54. The summed E-state index contributed by atoms with van der Waals surface area (Å²) in [5.41, 5.74) is 2.06. The Bertz CT molecular complexity index is 1300. The number of anilines is 1. The van der Waals surface area contributed by atoms with Crippen LogP contribution in [0.1, 0.15) is 27.2 Å².